The molecule has 0 aliphatic rings. The minimum Gasteiger partial charge on any atom is -0.329 e. The Balaban J connectivity index is 2.25. The SMILES string of the molecule is CC(c1cccc(Cl)c1)N(C)C(CN)c1cncc(Br)c1. The summed E-state index contributed by atoms with van der Waals surface area (Å²) in [7, 11) is 2.07. The predicted octanol–water partition coefficient (Wildman–Crippen LogP) is 4.19. The summed E-state index contributed by atoms with van der Waals surface area (Å²) in [5.41, 5.74) is 8.26. The molecule has 2 unspecified atom stereocenters. The number of nitrogens with zero attached hydrogens (tertiary/aromatic N) is 2. The summed E-state index contributed by atoms with van der Waals surface area (Å²) < 4.78 is 0.960. The van der Waals surface area contributed by atoms with Gasteiger partial charge >= 0.3 is 0 Å². The molecule has 2 atom stereocenters. The van der Waals surface area contributed by atoms with Gasteiger partial charge in [-0.2, -0.15) is 0 Å². The summed E-state index contributed by atoms with van der Waals surface area (Å²) >= 11 is 9.55. The van der Waals surface area contributed by atoms with Crippen molar-refractivity contribution < 1.29 is 0 Å². The van der Waals surface area contributed by atoms with Crippen LogP contribution in [0.4, 0.5) is 0 Å². The zero-order valence-corrected chi connectivity index (χ0v) is 14.5. The molecule has 1 aromatic carbocycles. The Labute approximate surface area is 139 Å². The highest BCUT2D eigenvalue weighted by Crippen LogP contribution is 2.29. The fourth-order valence-electron chi connectivity index (χ4n) is 2.42. The number of hydrogen-bond acceptors (Lipinski definition) is 3. The summed E-state index contributed by atoms with van der Waals surface area (Å²) in [6.45, 7) is 2.68. The minimum atomic E-state index is 0.101. The Kier molecular flexibility index (Phi) is 5.76. The molecule has 0 amide bonds. The number of hydrogen-bond donors (Lipinski definition) is 1. The van der Waals surface area contributed by atoms with E-state index in [1.807, 2.05) is 24.4 Å². The summed E-state index contributed by atoms with van der Waals surface area (Å²) in [6, 6.07) is 10.3. The van der Waals surface area contributed by atoms with Gasteiger partial charge in [0.05, 0.1) is 0 Å². The maximum absolute atomic E-state index is 6.09. The Hall–Kier alpha value is -0.940. The van der Waals surface area contributed by atoms with E-state index in [9.17, 15) is 0 Å². The Morgan fingerprint density at radius 1 is 1.29 bits per heavy atom. The van der Waals surface area contributed by atoms with E-state index < -0.39 is 0 Å². The monoisotopic (exact) mass is 367 g/mol. The van der Waals surface area contributed by atoms with Gasteiger partial charge in [-0.25, -0.2) is 0 Å². The zero-order chi connectivity index (χ0) is 15.4. The number of pyridine rings is 1. The smallest absolute Gasteiger partial charge is 0.0489 e. The zero-order valence-electron chi connectivity index (χ0n) is 12.1. The molecule has 21 heavy (non-hydrogen) atoms. The first-order valence-electron chi connectivity index (χ1n) is 6.81. The van der Waals surface area contributed by atoms with Crippen molar-refractivity contribution in [2.75, 3.05) is 13.6 Å². The molecule has 0 spiro atoms. The van der Waals surface area contributed by atoms with Crippen LogP contribution in [0.25, 0.3) is 0 Å². The van der Waals surface area contributed by atoms with E-state index in [2.05, 4.69) is 51.9 Å². The lowest BCUT2D eigenvalue weighted by Gasteiger charge is -2.33. The van der Waals surface area contributed by atoms with Gasteiger partial charge in [0, 0.05) is 40.5 Å². The van der Waals surface area contributed by atoms with Crippen LogP contribution < -0.4 is 5.73 Å². The summed E-state index contributed by atoms with van der Waals surface area (Å²) in [4.78, 5) is 6.48. The number of likely N-dealkylation sites (N-methyl/N-ethyl adjacent to an activating group) is 1. The van der Waals surface area contributed by atoms with Crippen LogP contribution in [0.5, 0.6) is 0 Å². The maximum Gasteiger partial charge on any atom is 0.0489 e. The van der Waals surface area contributed by atoms with E-state index >= 15 is 0 Å². The van der Waals surface area contributed by atoms with Gasteiger partial charge in [0.2, 0.25) is 0 Å². The van der Waals surface area contributed by atoms with E-state index in [1.165, 1.54) is 5.56 Å². The van der Waals surface area contributed by atoms with Gasteiger partial charge in [0.25, 0.3) is 0 Å². The first kappa shape index (κ1) is 16.4. The van der Waals surface area contributed by atoms with Crippen molar-refractivity contribution in [3.05, 3.63) is 63.3 Å². The minimum absolute atomic E-state index is 0.101. The predicted molar refractivity (Wildman–Crippen MR) is 91.4 cm³/mol. The Morgan fingerprint density at radius 3 is 2.67 bits per heavy atom. The fraction of sp³-hybridized carbons (Fsp3) is 0.312. The first-order chi connectivity index (χ1) is 10.0. The van der Waals surface area contributed by atoms with Crippen molar-refractivity contribution in [2.45, 2.75) is 19.0 Å². The lowest BCUT2D eigenvalue weighted by molar-refractivity contribution is 0.190. The van der Waals surface area contributed by atoms with Crippen LogP contribution in [0.1, 0.15) is 30.1 Å². The summed E-state index contributed by atoms with van der Waals surface area (Å²) in [5.74, 6) is 0. The second-order valence-electron chi connectivity index (χ2n) is 5.08. The lowest BCUT2D eigenvalue weighted by Crippen LogP contribution is -2.32. The lowest BCUT2D eigenvalue weighted by atomic mass is 10.0. The molecule has 2 N–H and O–H groups in total. The van der Waals surface area contributed by atoms with Crippen LogP contribution in [0, 0.1) is 0 Å². The number of benzene rings is 1. The van der Waals surface area contributed by atoms with E-state index in [0.717, 1.165) is 15.1 Å². The third-order valence-corrected chi connectivity index (χ3v) is 4.44. The van der Waals surface area contributed by atoms with Gasteiger partial charge in [-0.15, -0.1) is 0 Å². The second-order valence-corrected chi connectivity index (χ2v) is 6.44. The summed E-state index contributed by atoms with van der Waals surface area (Å²) in [6.07, 6.45) is 3.64. The average Bonchev–Trinajstić information content (AvgIpc) is 2.47. The van der Waals surface area contributed by atoms with Crippen LogP contribution in [0.2, 0.25) is 5.02 Å². The molecule has 1 heterocycles. The molecule has 0 aliphatic carbocycles. The van der Waals surface area contributed by atoms with Crippen molar-refractivity contribution in [3.63, 3.8) is 0 Å². The van der Waals surface area contributed by atoms with Gasteiger partial charge in [-0.05, 0) is 59.2 Å². The molecular formula is C16H19BrClN3. The van der Waals surface area contributed by atoms with Gasteiger partial charge in [0.15, 0.2) is 0 Å². The Morgan fingerprint density at radius 2 is 2.05 bits per heavy atom. The molecule has 5 heteroatoms. The van der Waals surface area contributed by atoms with Gasteiger partial charge in [-0.1, -0.05) is 23.7 Å². The number of rotatable bonds is 5. The van der Waals surface area contributed by atoms with Gasteiger partial charge in [-0.3, -0.25) is 9.88 Å². The average molecular weight is 369 g/mol. The largest absolute Gasteiger partial charge is 0.329 e. The standard InChI is InChI=1S/C16H19BrClN3/c1-11(12-4-3-5-15(18)7-12)21(2)16(8-19)13-6-14(17)10-20-9-13/h3-7,9-11,16H,8,19H2,1-2H3. The van der Waals surface area contributed by atoms with Crippen LogP contribution in [-0.4, -0.2) is 23.5 Å². The summed E-state index contributed by atoms with van der Waals surface area (Å²) in [5, 5.41) is 0.751. The number of nitrogens with two attached hydrogens (primary N) is 1. The molecule has 1 aromatic heterocycles. The second kappa shape index (κ2) is 7.36. The van der Waals surface area contributed by atoms with E-state index in [4.69, 9.17) is 17.3 Å². The van der Waals surface area contributed by atoms with Crippen molar-refractivity contribution in [2.24, 2.45) is 5.73 Å². The van der Waals surface area contributed by atoms with E-state index in [0.29, 0.717) is 6.54 Å². The van der Waals surface area contributed by atoms with E-state index in [-0.39, 0.29) is 12.1 Å². The first-order valence-corrected chi connectivity index (χ1v) is 7.98. The van der Waals surface area contributed by atoms with Crippen LogP contribution in [-0.2, 0) is 0 Å². The Bertz CT molecular complexity index is 606. The fourth-order valence-corrected chi connectivity index (χ4v) is 3.00. The maximum atomic E-state index is 6.09. The normalized spacial score (nSPS) is 14.2. The number of aromatic nitrogens is 1. The molecule has 0 saturated carbocycles. The molecule has 0 aliphatic heterocycles. The highest BCUT2D eigenvalue weighted by atomic mass is 79.9. The molecule has 0 bridgehead atoms. The van der Waals surface area contributed by atoms with Crippen molar-refractivity contribution in [3.8, 4) is 0 Å². The quantitative estimate of drug-likeness (QED) is 0.860. The third kappa shape index (κ3) is 4.04. The van der Waals surface area contributed by atoms with Gasteiger partial charge in [0.1, 0.15) is 0 Å². The molecule has 0 fully saturated rings. The highest BCUT2D eigenvalue weighted by molar-refractivity contribution is 9.10. The topological polar surface area (TPSA) is 42.1 Å². The molecule has 3 nitrogen and oxygen atoms in total. The molecule has 0 radical (unpaired) electrons. The molecule has 0 saturated heterocycles. The highest BCUT2D eigenvalue weighted by Gasteiger charge is 2.22. The van der Waals surface area contributed by atoms with Crippen LogP contribution in [0.3, 0.4) is 0 Å². The van der Waals surface area contributed by atoms with Crippen molar-refractivity contribution in [1.29, 1.82) is 0 Å². The molecule has 2 aromatic rings. The van der Waals surface area contributed by atoms with Crippen LogP contribution in [0.15, 0.2) is 47.2 Å². The third-order valence-electron chi connectivity index (χ3n) is 3.77. The van der Waals surface area contributed by atoms with Crippen LogP contribution >= 0.6 is 27.5 Å². The molecular weight excluding hydrogens is 350 g/mol. The molecule has 112 valence electrons. The van der Waals surface area contributed by atoms with Crippen molar-refractivity contribution in [1.82, 2.24) is 9.88 Å². The molecule has 2 rings (SSSR count). The van der Waals surface area contributed by atoms with E-state index in [1.54, 1.807) is 6.20 Å². The number of halogens is 2. The van der Waals surface area contributed by atoms with Crippen molar-refractivity contribution >= 4 is 27.5 Å². The van der Waals surface area contributed by atoms with Gasteiger partial charge < -0.3 is 5.73 Å².